The van der Waals surface area contributed by atoms with Gasteiger partial charge in [-0.2, -0.15) is 0 Å². The predicted octanol–water partition coefficient (Wildman–Crippen LogP) is 4.01. The van der Waals surface area contributed by atoms with Crippen LogP contribution < -0.4 is 0 Å². The van der Waals surface area contributed by atoms with Gasteiger partial charge in [0.2, 0.25) is 5.91 Å². The molecule has 2 aliphatic rings. The van der Waals surface area contributed by atoms with E-state index in [0.29, 0.717) is 13.1 Å². The van der Waals surface area contributed by atoms with E-state index in [1.54, 1.807) is 0 Å². The first kappa shape index (κ1) is 19.7. The summed E-state index contributed by atoms with van der Waals surface area (Å²) in [5.74, 6) is 0.385. The number of hydrogen-bond donors (Lipinski definition) is 0. The van der Waals surface area contributed by atoms with Crippen molar-refractivity contribution in [2.45, 2.75) is 58.4 Å². The number of benzene rings is 1. The predicted molar refractivity (Wildman–Crippen MR) is 109 cm³/mol. The molecule has 1 aromatic carbocycles. The minimum Gasteiger partial charge on any atom is -0.339 e. The van der Waals surface area contributed by atoms with Gasteiger partial charge in [0.05, 0.1) is 6.04 Å². The van der Waals surface area contributed by atoms with E-state index < -0.39 is 0 Å². The Bertz CT molecular complexity index is 707. The standard InChI is InChI=1S/C23H32N2O2/c1-5-20-7-6-14-25(20)22(27)18-12-15-24(16-13-18)21(26)17-8-10-19(11-9-17)23(2,3)4/h6-11,18,20H,5,12-16H2,1-4H3. The maximum absolute atomic E-state index is 12.8. The summed E-state index contributed by atoms with van der Waals surface area (Å²) in [5.41, 5.74) is 2.05. The molecule has 0 radical (unpaired) electrons. The largest absolute Gasteiger partial charge is 0.339 e. The molecular formula is C23H32N2O2. The quantitative estimate of drug-likeness (QED) is 0.756. The molecule has 2 heterocycles. The third-order valence-electron chi connectivity index (χ3n) is 5.89. The molecule has 146 valence electrons. The van der Waals surface area contributed by atoms with E-state index in [2.05, 4.69) is 52.0 Å². The Labute approximate surface area is 163 Å². The van der Waals surface area contributed by atoms with E-state index >= 15 is 0 Å². The molecule has 1 atom stereocenters. The molecule has 1 unspecified atom stereocenters. The van der Waals surface area contributed by atoms with E-state index in [-0.39, 0.29) is 29.2 Å². The van der Waals surface area contributed by atoms with Gasteiger partial charge in [0.15, 0.2) is 0 Å². The fourth-order valence-electron chi connectivity index (χ4n) is 4.04. The molecule has 4 nitrogen and oxygen atoms in total. The van der Waals surface area contributed by atoms with Gasteiger partial charge in [-0.25, -0.2) is 0 Å². The number of rotatable bonds is 3. The van der Waals surface area contributed by atoms with E-state index in [4.69, 9.17) is 0 Å². The number of nitrogens with zero attached hydrogens (tertiary/aromatic N) is 2. The van der Waals surface area contributed by atoms with Crippen molar-refractivity contribution in [2.24, 2.45) is 5.92 Å². The van der Waals surface area contributed by atoms with Crippen LogP contribution in [0.25, 0.3) is 0 Å². The number of carbonyl (C=O) groups excluding carboxylic acids is 2. The first-order chi connectivity index (χ1) is 12.8. The lowest BCUT2D eigenvalue weighted by atomic mass is 9.86. The van der Waals surface area contributed by atoms with E-state index in [1.165, 1.54) is 5.56 Å². The normalized spacial score (nSPS) is 21.0. The molecule has 2 aliphatic heterocycles. The molecule has 1 saturated heterocycles. The Morgan fingerprint density at radius 3 is 2.26 bits per heavy atom. The molecular weight excluding hydrogens is 336 g/mol. The van der Waals surface area contributed by atoms with E-state index in [9.17, 15) is 9.59 Å². The van der Waals surface area contributed by atoms with Crippen molar-refractivity contribution in [1.82, 2.24) is 9.80 Å². The van der Waals surface area contributed by atoms with Crippen molar-refractivity contribution in [3.63, 3.8) is 0 Å². The third-order valence-corrected chi connectivity index (χ3v) is 5.89. The lowest BCUT2D eigenvalue weighted by Crippen LogP contribution is -2.45. The fraction of sp³-hybridized carbons (Fsp3) is 0.565. The van der Waals surface area contributed by atoms with Crippen LogP contribution in [0.15, 0.2) is 36.4 Å². The zero-order valence-corrected chi connectivity index (χ0v) is 17.1. The second-order valence-corrected chi connectivity index (χ2v) is 8.79. The third kappa shape index (κ3) is 4.26. The zero-order valence-electron chi connectivity index (χ0n) is 17.1. The average Bonchev–Trinajstić information content (AvgIpc) is 3.15. The summed E-state index contributed by atoms with van der Waals surface area (Å²) in [6.45, 7) is 10.7. The molecule has 4 heteroatoms. The maximum atomic E-state index is 12.8. The molecule has 27 heavy (non-hydrogen) atoms. The van der Waals surface area contributed by atoms with Gasteiger partial charge in [-0.05, 0) is 42.4 Å². The fourth-order valence-corrected chi connectivity index (χ4v) is 4.04. The van der Waals surface area contributed by atoms with E-state index in [1.807, 2.05) is 21.9 Å². The second kappa shape index (κ2) is 7.87. The molecule has 3 rings (SSSR count). The van der Waals surface area contributed by atoms with Gasteiger partial charge in [-0.1, -0.05) is 52.0 Å². The first-order valence-corrected chi connectivity index (χ1v) is 10.2. The van der Waals surface area contributed by atoms with E-state index in [0.717, 1.165) is 31.4 Å². The molecule has 0 aliphatic carbocycles. The molecule has 2 amide bonds. The second-order valence-electron chi connectivity index (χ2n) is 8.79. The molecule has 1 fully saturated rings. The molecule has 0 spiro atoms. The van der Waals surface area contributed by atoms with Crippen LogP contribution in [0.1, 0.15) is 62.9 Å². The summed E-state index contributed by atoms with van der Waals surface area (Å²) >= 11 is 0. The van der Waals surface area contributed by atoms with Crippen molar-refractivity contribution >= 4 is 11.8 Å². The topological polar surface area (TPSA) is 40.6 Å². The van der Waals surface area contributed by atoms with Gasteiger partial charge in [0.25, 0.3) is 5.91 Å². The molecule has 0 N–H and O–H groups in total. The molecule has 0 saturated carbocycles. The summed E-state index contributed by atoms with van der Waals surface area (Å²) in [7, 11) is 0. The van der Waals surface area contributed by atoms with Gasteiger partial charge in [-0.15, -0.1) is 0 Å². The monoisotopic (exact) mass is 368 g/mol. The van der Waals surface area contributed by atoms with Crippen molar-refractivity contribution in [1.29, 1.82) is 0 Å². The minimum absolute atomic E-state index is 0.0475. The van der Waals surface area contributed by atoms with Crippen molar-refractivity contribution in [3.8, 4) is 0 Å². The van der Waals surface area contributed by atoms with Crippen LogP contribution in [0, 0.1) is 5.92 Å². The summed E-state index contributed by atoms with van der Waals surface area (Å²) in [6, 6.07) is 8.21. The maximum Gasteiger partial charge on any atom is 0.253 e. The van der Waals surface area contributed by atoms with Gasteiger partial charge >= 0.3 is 0 Å². The Balaban J connectivity index is 1.57. The molecule has 0 bridgehead atoms. The van der Waals surface area contributed by atoms with Gasteiger partial charge in [0.1, 0.15) is 0 Å². The number of piperidine rings is 1. The lowest BCUT2D eigenvalue weighted by Gasteiger charge is -2.35. The first-order valence-electron chi connectivity index (χ1n) is 10.2. The number of amides is 2. The summed E-state index contributed by atoms with van der Waals surface area (Å²) in [5, 5.41) is 0. The smallest absolute Gasteiger partial charge is 0.253 e. The van der Waals surface area contributed by atoms with Gasteiger partial charge in [0, 0.05) is 31.1 Å². The van der Waals surface area contributed by atoms with Crippen molar-refractivity contribution in [2.75, 3.05) is 19.6 Å². The van der Waals surface area contributed by atoms with Crippen LogP contribution in [-0.2, 0) is 10.2 Å². The van der Waals surface area contributed by atoms with Gasteiger partial charge in [-0.3, -0.25) is 9.59 Å². The number of carbonyl (C=O) groups is 2. The van der Waals surface area contributed by atoms with Crippen LogP contribution in [0.2, 0.25) is 0 Å². The highest BCUT2D eigenvalue weighted by atomic mass is 16.2. The SMILES string of the molecule is CCC1C=CCN1C(=O)C1CCN(C(=O)c2ccc(C(C)(C)C)cc2)CC1. The van der Waals surface area contributed by atoms with Crippen LogP contribution in [0.5, 0.6) is 0 Å². The van der Waals surface area contributed by atoms with Crippen LogP contribution in [0.3, 0.4) is 0 Å². The Hall–Kier alpha value is -2.10. The Kier molecular flexibility index (Phi) is 5.73. The summed E-state index contributed by atoms with van der Waals surface area (Å²) < 4.78 is 0. The lowest BCUT2D eigenvalue weighted by molar-refractivity contribution is -0.137. The van der Waals surface area contributed by atoms with Crippen LogP contribution >= 0.6 is 0 Å². The van der Waals surface area contributed by atoms with Crippen LogP contribution in [0.4, 0.5) is 0 Å². The van der Waals surface area contributed by atoms with Crippen LogP contribution in [-0.4, -0.2) is 47.3 Å². The number of likely N-dealkylation sites (tertiary alicyclic amines) is 1. The minimum atomic E-state index is 0.0475. The summed E-state index contributed by atoms with van der Waals surface area (Å²) in [4.78, 5) is 29.5. The zero-order chi connectivity index (χ0) is 19.6. The highest BCUT2D eigenvalue weighted by molar-refractivity contribution is 5.94. The molecule has 0 aromatic heterocycles. The number of hydrogen-bond acceptors (Lipinski definition) is 2. The average molecular weight is 369 g/mol. The highest BCUT2D eigenvalue weighted by Crippen LogP contribution is 2.26. The van der Waals surface area contributed by atoms with Gasteiger partial charge < -0.3 is 9.80 Å². The van der Waals surface area contributed by atoms with Crippen molar-refractivity contribution < 1.29 is 9.59 Å². The molecule has 1 aromatic rings. The highest BCUT2D eigenvalue weighted by Gasteiger charge is 2.33. The van der Waals surface area contributed by atoms with Crippen molar-refractivity contribution in [3.05, 3.63) is 47.5 Å². The summed E-state index contributed by atoms with van der Waals surface area (Å²) in [6.07, 6.45) is 6.71. The Morgan fingerprint density at radius 2 is 1.70 bits per heavy atom. The Morgan fingerprint density at radius 1 is 1.07 bits per heavy atom.